The van der Waals surface area contributed by atoms with E-state index in [-0.39, 0.29) is 0 Å². The summed E-state index contributed by atoms with van der Waals surface area (Å²) in [5, 5.41) is 7.45. The summed E-state index contributed by atoms with van der Waals surface area (Å²) in [4.78, 5) is 0. The van der Waals surface area contributed by atoms with Crippen molar-refractivity contribution in [2.75, 3.05) is 13.7 Å². The molecule has 0 atom stereocenters. The molecule has 0 aliphatic carbocycles. The van der Waals surface area contributed by atoms with Crippen molar-refractivity contribution in [1.82, 2.24) is 10.2 Å². The highest BCUT2D eigenvalue weighted by Gasteiger charge is 2.14. The Kier molecular flexibility index (Phi) is 3.90. The number of hydrogen-bond acceptors (Lipinski definition) is 3. The number of ether oxygens (including phenoxy) is 1. The summed E-state index contributed by atoms with van der Waals surface area (Å²) in [6, 6.07) is 4.14. The standard InChI is InChI=1S/C15H21N3O/c1-9-7-14(19-4)10(2)11(3)15(9)13-8-12(5-6-16)17-18-13/h7-8H,5-6,16H2,1-4H3,(H,17,18). The molecular weight excluding hydrogens is 238 g/mol. The maximum absolute atomic E-state index is 5.57. The molecule has 0 amide bonds. The van der Waals surface area contributed by atoms with Crippen LogP contribution in [0, 0.1) is 20.8 Å². The molecule has 0 radical (unpaired) electrons. The van der Waals surface area contributed by atoms with Crippen molar-refractivity contribution in [3.05, 3.63) is 34.5 Å². The number of hydrogen-bond donors (Lipinski definition) is 2. The number of H-pyrrole nitrogens is 1. The van der Waals surface area contributed by atoms with Gasteiger partial charge >= 0.3 is 0 Å². The summed E-state index contributed by atoms with van der Waals surface area (Å²) in [5.74, 6) is 0.927. The first-order valence-electron chi connectivity index (χ1n) is 6.48. The van der Waals surface area contributed by atoms with Gasteiger partial charge in [0, 0.05) is 17.7 Å². The van der Waals surface area contributed by atoms with Crippen molar-refractivity contribution >= 4 is 0 Å². The molecule has 1 aromatic heterocycles. The van der Waals surface area contributed by atoms with Crippen LogP contribution in [0.5, 0.6) is 5.75 Å². The molecule has 0 saturated heterocycles. The summed E-state index contributed by atoms with van der Waals surface area (Å²) in [6.07, 6.45) is 0.820. The van der Waals surface area contributed by atoms with E-state index < -0.39 is 0 Å². The van der Waals surface area contributed by atoms with Gasteiger partial charge in [-0.3, -0.25) is 5.10 Å². The number of nitrogens with two attached hydrogens (primary N) is 1. The fourth-order valence-corrected chi connectivity index (χ4v) is 2.42. The maximum atomic E-state index is 5.57. The number of aryl methyl sites for hydroxylation is 1. The average molecular weight is 259 g/mol. The number of rotatable bonds is 4. The summed E-state index contributed by atoms with van der Waals surface area (Å²) in [5.41, 5.74) is 12.3. The lowest BCUT2D eigenvalue weighted by atomic mass is 9.95. The van der Waals surface area contributed by atoms with Crippen LogP contribution in [-0.4, -0.2) is 23.9 Å². The molecule has 0 aliphatic rings. The minimum Gasteiger partial charge on any atom is -0.496 e. The lowest BCUT2D eigenvalue weighted by Crippen LogP contribution is -2.02. The minimum absolute atomic E-state index is 0.626. The van der Waals surface area contributed by atoms with E-state index in [1.54, 1.807) is 7.11 Å². The molecule has 1 aromatic carbocycles. The zero-order chi connectivity index (χ0) is 14.0. The third-order valence-electron chi connectivity index (χ3n) is 3.57. The topological polar surface area (TPSA) is 63.9 Å². The van der Waals surface area contributed by atoms with Crippen LogP contribution in [0.2, 0.25) is 0 Å². The molecule has 0 unspecified atom stereocenters. The van der Waals surface area contributed by atoms with Crippen molar-refractivity contribution in [2.24, 2.45) is 5.73 Å². The predicted molar refractivity (Wildman–Crippen MR) is 77.5 cm³/mol. The van der Waals surface area contributed by atoms with E-state index in [0.29, 0.717) is 6.54 Å². The highest BCUT2D eigenvalue weighted by atomic mass is 16.5. The van der Waals surface area contributed by atoms with E-state index in [1.165, 1.54) is 16.7 Å². The highest BCUT2D eigenvalue weighted by molar-refractivity contribution is 5.71. The quantitative estimate of drug-likeness (QED) is 0.886. The van der Waals surface area contributed by atoms with Gasteiger partial charge in [-0.05, 0) is 56.1 Å². The Balaban J connectivity index is 2.52. The first-order valence-corrected chi connectivity index (χ1v) is 6.48. The van der Waals surface area contributed by atoms with Crippen LogP contribution in [0.15, 0.2) is 12.1 Å². The second-order valence-electron chi connectivity index (χ2n) is 4.84. The smallest absolute Gasteiger partial charge is 0.122 e. The SMILES string of the molecule is COc1cc(C)c(-c2cc(CCN)[nH]n2)c(C)c1C. The van der Waals surface area contributed by atoms with Crippen LogP contribution in [0.3, 0.4) is 0 Å². The number of methoxy groups -OCH3 is 1. The largest absolute Gasteiger partial charge is 0.496 e. The first-order chi connectivity index (χ1) is 9.08. The van der Waals surface area contributed by atoms with Gasteiger partial charge in [0.1, 0.15) is 5.75 Å². The number of nitrogens with zero attached hydrogens (tertiary/aromatic N) is 1. The fourth-order valence-electron chi connectivity index (χ4n) is 2.42. The van der Waals surface area contributed by atoms with Gasteiger partial charge in [0.25, 0.3) is 0 Å². The molecule has 0 fully saturated rings. The molecule has 19 heavy (non-hydrogen) atoms. The van der Waals surface area contributed by atoms with Crippen LogP contribution in [0.4, 0.5) is 0 Å². The number of aromatic nitrogens is 2. The minimum atomic E-state index is 0.626. The zero-order valence-electron chi connectivity index (χ0n) is 12.0. The number of nitrogens with one attached hydrogen (secondary N) is 1. The van der Waals surface area contributed by atoms with Gasteiger partial charge in [0.05, 0.1) is 12.8 Å². The Labute approximate surface area is 114 Å². The second kappa shape index (κ2) is 5.45. The highest BCUT2D eigenvalue weighted by Crippen LogP contribution is 2.33. The monoisotopic (exact) mass is 259 g/mol. The van der Waals surface area contributed by atoms with E-state index in [4.69, 9.17) is 10.5 Å². The van der Waals surface area contributed by atoms with Crippen molar-refractivity contribution in [3.8, 4) is 17.0 Å². The molecule has 0 spiro atoms. The van der Waals surface area contributed by atoms with E-state index in [1.807, 2.05) is 0 Å². The van der Waals surface area contributed by atoms with Crippen LogP contribution in [0.1, 0.15) is 22.4 Å². The van der Waals surface area contributed by atoms with Crippen molar-refractivity contribution in [3.63, 3.8) is 0 Å². The van der Waals surface area contributed by atoms with Crippen molar-refractivity contribution in [2.45, 2.75) is 27.2 Å². The molecule has 0 saturated carbocycles. The predicted octanol–water partition coefficient (Wildman–Crippen LogP) is 2.51. The Morgan fingerprint density at radius 3 is 2.58 bits per heavy atom. The molecule has 0 aliphatic heterocycles. The molecule has 4 heteroatoms. The summed E-state index contributed by atoms with van der Waals surface area (Å²) < 4.78 is 5.40. The zero-order valence-corrected chi connectivity index (χ0v) is 12.0. The first kappa shape index (κ1) is 13.6. The molecule has 2 aromatic rings. The molecule has 2 rings (SSSR count). The molecule has 1 heterocycles. The summed E-state index contributed by atoms with van der Waals surface area (Å²) in [6.45, 7) is 6.89. The average Bonchev–Trinajstić information content (AvgIpc) is 2.83. The maximum Gasteiger partial charge on any atom is 0.122 e. The summed E-state index contributed by atoms with van der Waals surface area (Å²) in [7, 11) is 1.70. The number of aromatic amines is 1. The van der Waals surface area contributed by atoms with E-state index in [9.17, 15) is 0 Å². The molecule has 102 valence electrons. The Morgan fingerprint density at radius 1 is 1.21 bits per heavy atom. The molecule has 0 bridgehead atoms. The van der Waals surface area contributed by atoms with Crippen LogP contribution >= 0.6 is 0 Å². The fraction of sp³-hybridized carbons (Fsp3) is 0.400. The van der Waals surface area contributed by atoms with Crippen LogP contribution in [0.25, 0.3) is 11.3 Å². The van der Waals surface area contributed by atoms with E-state index in [2.05, 4.69) is 43.1 Å². The Bertz CT molecular complexity index is 587. The Morgan fingerprint density at radius 2 is 1.95 bits per heavy atom. The van der Waals surface area contributed by atoms with Gasteiger partial charge in [0.15, 0.2) is 0 Å². The normalized spacial score (nSPS) is 10.8. The van der Waals surface area contributed by atoms with Gasteiger partial charge in [-0.1, -0.05) is 0 Å². The van der Waals surface area contributed by atoms with Gasteiger partial charge in [-0.25, -0.2) is 0 Å². The van der Waals surface area contributed by atoms with Crippen LogP contribution < -0.4 is 10.5 Å². The van der Waals surface area contributed by atoms with Crippen molar-refractivity contribution in [1.29, 1.82) is 0 Å². The number of benzene rings is 1. The Hall–Kier alpha value is -1.81. The third kappa shape index (κ3) is 2.49. The van der Waals surface area contributed by atoms with Gasteiger partial charge < -0.3 is 10.5 Å². The molecule has 4 nitrogen and oxygen atoms in total. The van der Waals surface area contributed by atoms with Crippen molar-refractivity contribution < 1.29 is 4.74 Å². The van der Waals surface area contributed by atoms with Gasteiger partial charge in [-0.2, -0.15) is 5.10 Å². The molecule has 3 N–H and O–H groups in total. The van der Waals surface area contributed by atoms with Crippen LogP contribution in [-0.2, 0) is 6.42 Å². The third-order valence-corrected chi connectivity index (χ3v) is 3.57. The lowest BCUT2D eigenvalue weighted by molar-refractivity contribution is 0.411. The summed E-state index contributed by atoms with van der Waals surface area (Å²) >= 11 is 0. The van der Waals surface area contributed by atoms with Gasteiger partial charge in [-0.15, -0.1) is 0 Å². The van der Waals surface area contributed by atoms with E-state index in [0.717, 1.165) is 29.1 Å². The second-order valence-corrected chi connectivity index (χ2v) is 4.84. The lowest BCUT2D eigenvalue weighted by Gasteiger charge is -2.14. The molecular formula is C15H21N3O. The van der Waals surface area contributed by atoms with Gasteiger partial charge in [0.2, 0.25) is 0 Å². The van der Waals surface area contributed by atoms with E-state index >= 15 is 0 Å².